The molecule has 0 spiro atoms. The molecule has 0 heterocycles. The largest absolute Gasteiger partial charge is 0.316 e. The standard InChI is InChI=1S/C20H39N/c1-4-5-6-7-8-9-10-11-20(16-21-15-17(2)3)13-18-12-19(18)14-20/h17-19,21H,4-16H2,1-3H3. The van der Waals surface area contributed by atoms with Gasteiger partial charge in [0.1, 0.15) is 0 Å². The van der Waals surface area contributed by atoms with Crippen molar-refractivity contribution in [2.75, 3.05) is 13.1 Å². The van der Waals surface area contributed by atoms with E-state index in [0.717, 1.165) is 17.8 Å². The van der Waals surface area contributed by atoms with E-state index in [0.29, 0.717) is 5.41 Å². The van der Waals surface area contributed by atoms with Crippen molar-refractivity contribution in [3.63, 3.8) is 0 Å². The first-order chi connectivity index (χ1) is 10.2. The van der Waals surface area contributed by atoms with Crippen molar-refractivity contribution in [1.82, 2.24) is 5.32 Å². The normalized spacial score (nSPS) is 30.9. The van der Waals surface area contributed by atoms with Crippen LogP contribution in [0.25, 0.3) is 0 Å². The van der Waals surface area contributed by atoms with E-state index in [2.05, 4.69) is 26.1 Å². The minimum atomic E-state index is 0.686. The van der Waals surface area contributed by atoms with Gasteiger partial charge >= 0.3 is 0 Å². The number of hydrogen-bond acceptors (Lipinski definition) is 1. The fourth-order valence-electron chi connectivity index (χ4n) is 4.53. The van der Waals surface area contributed by atoms with Crippen LogP contribution < -0.4 is 5.32 Å². The van der Waals surface area contributed by atoms with Gasteiger partial charge < -0.3 is 5.32 Å². The minimum absolute atomic E-state index is 0.686. The Morgan fingerprint density at radius 2 is 1.57 bits per heavy atom. The lowest BCUT2D eigenvalue weighted by Crippen LogP contribution is -2.35. The Hall–Kier alpha value is -0.0400. The molecule has 2 rings (SSSR count). The van der Waals surface area contributed by atoms with Crippen molar-refractivity contribution in [3.8, 4) is 0 Å². The zero-order chi connectivity index (χ0) is 15.1. The maximum Gasteiger partial charge on any atom is 0.000813 e. The van der Waals surface area contributed by atoms with Crippen LogP contribution in [0.3, 0.4) is 0 Å². The van der Waals surface area contributed by atoms with Gasteiger partial charge in [-0.3, -0.25) is 0 Å². The van der Waals surface area contributed by atoms with Crippen LogP contribution in [0, 0.1) is 23.2 Å². The smallest absolute Gasteiger partial charge is 0.000813 e. The molecule has 1 heteroatoms. The van der Waals surface area contributed by atoms with Gasteiger partial charge in [-0.25, -0.2) is 0 Å². The fourth-order valence-corrected chi connectivity index (χ4v) is 4.53. The molecule has 0 aromatic heterocycles. The van der Waals surface area contributed by atoms with E-state index in [4.69, 9.17) is 0 Å². The lowest BCUT2D eigenvalue weighted by Gasteiger charge is -2.32. The maximum absolute atomic E-state index is 3.78. The molecular formula is C20H39N. The summed E-state index contributed by atoms with van der Waals surface area (Å²) < 4.78 is 0. The van der Waals surface area contributed by atoms with Crippen molar-refractivity contribution >= 4 is 0 Å². The fraction of sp³-hybridized carbons (Fsp3) is 1.00. The summed E-state index contributed by atoms with van der Waals surface area (Å²) in [5.41, 5.74) is 0.686. The van der Waals surface area contributed by atoms with Crippen LogP contribution in [0.15, 0.2) is 0 Å². The van der Waals surface area contributed by atoms with Gasteiger partial charge in [-0.2, -0.15) is 0 Å². The molecule has 0 aliphatic heterocycles. The zero-order valence-electron chi connectivity index (χ0n) is 14.9. The minimum Gasteiger partial charge on any atom is -0.316 e. The summed E-state index contributed by atoms with van der Waals surface area (Å²) in [6.07, 6.45) is 16.3. The number of fused-ring (bicyclic) bond motifs is 1. The Labute approximate surface area is 133 Å². The van der Waals surface area contributed by atoms with Gasteiger partial charge in [-0.1, -0.05) is 65.7 Å². The second kappa shape index (κ2) is 8.56. The molecule has 2 atom stereocenters. The van der Waals surface area contributed by atoms with Crippen LogP contribution in [-0.4, -0.2) is 13.1 Å². The second-order valence-corrected chi connectivity index (χ2v) is 8.56. The summed E-state index contributed by atoms with van der Waals surface area (Å²) in [5, 5.41) is 3.78. The second-order valence-electron chi connectivity index (χ2n) is 8.56. The van der Waals surface area contributed by atoms with E-state index < -0.39 is 0 Å². The molecule has 0 aromatic rings. The number of unbranched alkanes of at least 4 members (excludes halogenated alkanes) is 6. The monoisotopic (exact) mass is 293 g/mol. The molecule has 0 amide bonds. The highest BCUT2D eigenvalue weighted by Crippen LogP contribution is 2.61. The third kappa shape index (κ3) is 5.93. The summed E-state index contributed by atoms with van der Waals surface area (Å²) in [7, 11) is 0. The van der Waals surface area contributed by atoms with Crippen LogP contribution >= 0.6 is 0 Å². The van der Waals surface area contributed by atoms with Crippen LogP contribution in [0.2, 0.25) is 0 Å². The van der Waals surface area contributed by atoms with Crippen LogP contribution in [0.5, 0.6) is 0 Å². The molecule has 21 heavy (non-hydrogen) atoms. The van der Waals surface area contributed by atoms with Crippen LogP contribution in [0.1, 0.15) is 91.4 Å². The van der Waals surface area contributed by atoms with Gasteiger partial charge in [0, 0.05) is 6.54 Å². The Morgan fingerprint density at radius 1 is 0.952 bits per heavy atom. The van der Waals surface area contributed by atoms with Crippen LogP contribution in [0.4, 0.5) is 0 Å². The van der Waals surface area contributed by atoms with E-state index in [9.17, 15) is 0 Å². The average molecular weight is 294 g/mol. The molecule has 2 fully saturated rings. The quantitative estimate of drug-likeness (QED) is 0.449. The lowest BCUT2D eigenvalue weighted by atomic mass is 9.78. The van der Waals surface area contributed by atoms with Gasteiger partial charge in [0.15, 0.2) is 0 Å². The van der Waals surface area contributed by atoms with Gasteiger partial charge in [-0.05, 0) is 55.4 Å². The molecule has 0 bridgehead atoms. The van der Waals surface area contributed by atoms with Crippen molar-refractivity contribution < 1.29 is 0 Å². The lowest BCUT2D eigenvalue weighted by molar-refractivity contribution is 0.219. The molecule has 1 N–H and O–H groups in total. The number of rotatable bonds is 12. The van der Waals surface area contributed by atoms with E-state index in [1.807, 2.05) is 0 Å². The van der Waals surface area contributed by atoms with Gasteiger partial charge in [-0.15, -0.1) is 0 Å². The Bertz CT molecular complexity index is 274. The molecule has 0 radical (unpaired) electrons. The van der Waals surface area contributed by atoms with Gasteiger partial charge in [0.05, 0.1) is 0 Å². The predicted molar refractivity (Wildman–Crippen MR) is 93.6 cm³/mol. The number of nitrogens with one attached hydrogen (secondary N) is 1. The Kier molecular flexibility index (Phi) is 7.05. The van der Waals surface area contributed by atoms with Crippen molar-refractivity contribution in [2.24, 2.45) is 23.2 Å². The highest BCUT2D eigenvalue weighted by Gasteiger charge is 2.52. The molecule has 2 aliphatic carbocycles. The molecular weight excluding hydrogens is 254 g/mol. The molecule has 124 valence electrons. The Morgan fingerprint density at radius 3 is 2.19 bits per heavy atom. The molecule has 2 unspecified atom stereocenters. The summed E-state index contributed by atoms with van der Waals surface area (Å²) in [5.74, 6) is 3.03. The SMILES string of the molecule is CCCCCCCCCC1(CNCC(C)C)CC2CC2C1. The topological polar surface area (TPSA) is 12.0 Å². The third-order valence-electron chi connectivity index (χ3n) is 5.82. The molecule has 0 aromatic carbocycles. The van der Waals surface area contributed by atoms with E-state index in [-0.39, 0.29) is 0 Å². The van der Waals surface area contributed by atoms with E-state index in [1.165, 1.54) is 64.5 Å². The van der Waals surface area contributed by atoms with Gasteiger partial charge in [0.2, 0.25) is 0 Å². The highest BCUT2D eigenvalue weighted by molar-refractivity contribution is 5.04. The zero-order valence-corrected chi connectivity index (χ0v) is 14.9. The van der Waals surface area contributed by atoms with Crippen molar-refractivity contribution in [1.29, 1.82) is 0 Å². The summed E-state index contributed by atoms with van der Waals surface area (Å²) in [6, 6.07) is 0. The van der Waals surface area contributed by atoms with E-state index >= 15 is 0 Å². The predicted octanol–water partition coefficient (Wildman–Crippen LogP) is 5.79. The molecule has 1 nitrogen and oxygen atoms in total. The summed E-state index contributed by atoms with van der Waals surface area (Å²) >= 11 is 0. The van der Waals surface area contributed by atoms with E-state index in [1.54, 1.807) is 19.3 Å². The first-order valence-corrected chi connectivity index (χ1v) is 9.86. The first-order valence-electron chi connectivity index (χ1n) is 9.86. The molecule has 2 saturated carbocycles. The molecule has 0 saturated heterocycles. The van der Waals surface area contributed by atoms with Crippen molar-refractivity contribution in [3.05, 3.63) is 0 Å². The molecule has 2 aliphatic rings. The summed E-state index contributed by atoms with van der Waals surface area (Å²) in [6.45, 7) is 9.45. The first kappa shape index (κ1) is 17.3. The summed E-state index contributed by atoms with van der Waals surface area (Å²) in [4.78, 5) is 0. The Balaban J connectivity index is 1.61. The van der Waals surface area contributed by atoms with Crippen molar-refractivity contribution in [2.45, 2.75) is 91.4 Å². The highest BCUT2D eigenvalue weighted by atomic mass is 14.9. The third-order valence-corrected chi connectivity index (χ3v) is 5.82. The van der Waals surface area contributed by atoms with Crippen LogP contribution in [-0.2, 0) is 0 Å². The number of hydrogen-bond donors (Lipinski definition) is 1. The van der Waals surface area contributed by atoms with Gasteiger partial charge in [0.25, 0.3) is 0 Å². The average Bonchev–Trinajstić information content (AvgIpc) is 3.05. The maximum atomic E-state index is 3.78.